The molecule has 4 aromatic rings. The van der Waals surface area contributed by atoms with E-state index in [4.69, 9.17) is 0 Å². The van der Waals surface area contributed by atoms with Gasteiger partial charge in [0.05, 0.1) is 21.7 Å². The Morgan fingerprint density at radius 1 is 1.11 bits per heavy atom. The molecular formula is C24H27N6O3PS. The van der Waals surface area contributed by atoms with E-state index in [-0.39, 0.29) is 5.91 Å². The van der Waals surface area contributed by atoms with E-state index in [1.807, 2.05) is 12.1 Å². The van der Waals surface area contributed by atoms with Gasteiger partial charge in [-0.3, -0.25) is 24.1 Å². The van der Waals surface area contributed by atoms with E-state index in [9.17, 15) is 14.1 Å². The van der Waals surface area contributed by atoms with Gasteiger partial charge in [-0.2, -0.15) is 5.10 Å². The number of benzene rings is 2. The van der Waals surface area contributed by atoms with Crippen LogP contribution in [-0.4, -0.2) is 59.0 Å². The molecule has 3 N–H and O–H groups in total. The van der Waals surface area contributed by atoms with Gasteiger partial charge in [0, 0.05) is 49.4 Å². The predicted octanol–water partition coefficient (Wildman–Crippen LogP) is 2.76. The fourth-order valence-electron chi connectivity index (χ4n) is 4.40. The van der Waals surface area contributed by atoms with Crippen molar-refractivity contribution in [1.82, 2.24) is 25.1 Å². The quantitative estimate of drug-likeness (QED) is 0.234. The van der Waals surface area contributed by atoms with Crippen LogP contribution in [0.15, 0.2) is 72.0 Å². The summed E-state index contributed by atoms with van der Waals surface area (Å²) in [5, 5.41) is 17.8. The molecule has 0 aliphatic carbocycles. The minimum atomic E-state index is -3.08. The van der Waals surface area contributed by atoms with Crippen molar-refractivity contribution in [3.05, 3.63) is 78.4 Å². The number of hydrogen-bond donors (Lipinski definition) is 4. The summed E-state index contributed by atoms with van der Waals surface area (Å²) in [5.41, 5.74) is 2.40. The molecule has 1 atom stereocenters. The Morgan fingerprint density at radius 3 is 2.57 bits per heavy atom. The summed E-state index contributed by atoms with van der Waals surface area (Å²) in [7, 11) is -0.667. The first-order valence-corrected chi connectivity index (χ1v) is 14.6. The van der Waals surface area contributed by atoms with Crippen LogP contribution in [-0.2, 0) is 16.2 Å². The monoisotopic (exact) mass is 510 g/mol. The minimum Gasteiger partial charge on any atom is -0.389 e. The van der Waals surface area contributed by atoms with Crippen molar-refractivity contribution < 1.29 is 14.1 Å². The van der Waals surface area contributed by atoms with Crippen LogP contribution in [0.3, 0.4) is 0 Å². The molecule has 2 aromatic heterocycles. The molecule has 35 heavy (non-hydrogen) atoms. The number of H-pyrrole nitrogens is 1. The van der Waals surface area contributed by atoms with Gasteiger partial charge in [0.2, 0.25) is 0 Å². The number of amides is 1. The molecule has 3 heterocycles. The number of thiol groups is 1. The van der Waals surface area contributed by atoms with E-state index in [1.54, 1.807) is 59.9 Å². The first-order chi connectivity index (χ1) is 16.8. The van der Waals surface area contributed by atoms with E-state index >= 15 is 0 Å². The summed E-state index contributed by atoms with van der Waals surface area (Å²) in [5.74, 6) is -0.0863. The van der Waals surface area contributed by atoms with Gasteiger partial charge in [-0.1, -0.05) is 6.07 Å². The normalized spacial score (nSPS) is 16.2. The first-order valence-electron chi connectivity index (χ1n) is 11.3. The van der Waals surface area contributed by atoms with Gasteiger partial charge in [0.15, 0.2) is 0 Å². The second kappa shape index (κ2) is 9.45. The number of carbonyl (C=O) groups excluding carboxylic acids is 1. The molecule has 5 rings (SSSR count). The van der Waals surface area contributed by atoms with Crippen LogP contribution >= 0.6 is 8.44 Å². The first kappa shape index (κ1) is 23.5. The minimum absolute atomic E-state index is 0.0863. The highest BCUT2D eigenvalue weighted by molar-refractivity contribution is 8.46. The predicted molar refractivity (Wildman–Crippen MR) is 139 cm³/mol. The zero-order chi connectivity index (χ0) is 24.5. The Bertz CT molecular complexity index is 1380. The molecule has 1 amide bonds. The molecule has 1 aliphatic rings. The van der Waals surface area contributed by atoms with Crippen LogP contribution in [0.5, 0.6) is 0 Å². The molecule has 0 radical (unpaired) electrons. The smallest absolute Gasteiger partial charge is 0.253 e. The number of hydrogen-bond acceptors (Lipinski definition) is 6. The lowest BCUT2D eigenvalue weighted by Gasteiger charge is -2.38. The van der Waals surface area contributed by atoms with E-state index < -0.39 is 15.3 Å². The number of anilines is 1. The average molecular weight is 511 g/mol. The number of fused-ring (bicyclic) bond motifs is 1. The summed E-state index contributed by atoms with van der Waals surface area (Å²) in [6, 6.07) is 14.2. The summed E-state index contributed by atoms with van der Waals surface area (Å²) in [6.45, 7) is 0.950. The fourth-order valence-corrected chi connectivity index (χ4v) is 6.92. The number of aromatic nitrogens is 4. The molecule has 0 spiro atoms. The maximum atomic E-state index is 13.5. The Kier molecular flexibility index (Phi) is 6.35. The summed E-state index contributed by atoms with van der Waals surface area (Å²) >= 11 is 0. The molecule has 1 unspecified atom stereocenters. The largest absolute Gasteiger partial charge is 0.389 e. The van der Waals surface area contributed by atoms with Gasteiger partial charge in [0.25, 0.3) is 5.91 Å². The van der Waals surface area contributed by atoms with E-state index in [2.05, 4.69) is 33.3 Å². The fraction of sp³-hybridized carbons (Fsp3) is 0.250. The Morgan fingerprint density at radius 2 is 1.86 bits per heavy atom. The number of carbonyl (C=O) groups is 1. The second-order valence-corrected chi connectivity index (χ2v) is 13.0. The van der Waals surface area contributed by atoms with E-state index in [0.717, 1.165) is 5.69 Å². The van der Waals surface area contributed by atoms with Crippen LogP contribution in [0.1, 0.15) is 28.9 Å². The van der Waals surface area contributed by atoms with Crippen LogP contribution < -0.4 is 4.72 Å². The Labute approximate surface area is 205 Å². The molecule has 1 fully saturated rings. The van der Waals surface area contributed by atoms with Gasteiger partial charge in [-0.25, -0.2) is 0 Å². The molecule has 9 nitrogen and oxygen atoms in total. The van der Waals surface area contributed by atoms with Crippen LogP contribution in [0, 0.1) is 0 Å². The van der Waals surface area contributed by atoms with Gasteiger partial charge in [-0.05, 0) is 73.5 Å². The molecular weight excluding hydrogens is 483 g/mol. The number of para-hydroxylation sites is 1. The van der Waals surface area contributed by atoms with Crippen molar-refractivity contribution >= 4 is 40.8 Å². The van der Waals surface area contributed by atoms with Crippen molar-refractivity contribution in [2.45, 2.75) is 29.8 Å². The summed E-state index contributed by atoms with van der Waals surface area (Å²) in [6.07, 6.45) is 6.38. The third kappa shape index (κ3) is 5.10. The van der Waals surface area contributed by atoms with Gasteiger partial charge >= 0.3 is 0 Å². The number of piperidine rings is 1. The highest BCUT2D eigenvalue weighted by Crippen LogP contribution is 2.32. The molecule has 0 saturated carbocycles. The van der Waals surface area contributed by atoms with Crippen molar-refractivity contribution in [3.63, 3.8) is 0 Å². The lowest BCUT2D eigenvalue weighted by molar-refractivity contribution is -0.0168. The maximum Gasteiger partial charge on any atom is 0.253 e. The SMILES string of the molecule is O=C(c1ccc(N[SH](=O)(P)c2cccc3nccnc23)cc1)N1CCC(O)(Cc2cc[nH]n2)CC1. The highest BCUT2D eigenvalue weighted by atomic mass is 32.8. The lowest BCUT2D eigenvalue weighted by atomic mass is 9.87. The van der Waals surface area contributed by atoms with Crippen LogP contribution in [0.4, 0.5) is 5.69 Å². The highest BCUT2D eigenvalue weighted by Gasteiger charge is 2.34. The van der Waals surface area contributed by atoms with Crippen molar-refractivity contribution in [1.29, 1.82) is 0 Å². The molecule has 0 bridgehead atoms. The van der Waals surface area contributed by atoms with Crippen LogP contribution in [0.25, 0.3) is 11.0 Å². The molecule has 1 aliphatic heterocycles. The summed E-state index contributed by atoms with van der Waals surface area (Å²) in [4.78, 5) is 24.0. The number of aliphatic hydroxyl groups is 1. The van der Waals surface area contributed by atoms with Gasteiger partial charge in [0.1, 0.15) is 5.52 Å². The standard InChI is InChI=1S/C24H27N6O3PS/c31-23(30-14-9-24(32,10-15-30)16-19-8-11-27-28-19)17-4-6-18(7-5-17)29-35(33,34)21-3-1-2-20-22(21)26-13-12-25-20/h1-8,11-13,32,35H,9-10,14-16,34H2,(H,27,28)(H,29,33). The molecule has 2 aromatic carbocycles. The third-order valence-electron chi connectivity index (χ3n) is 6.31. The molecule has 1 saturated heterocycles. The third-order valence-corrected chi connectivity index (χ3v) is 9.20. The molecule has 182 valence electrons. The number of nitrogens with one attached hydrogen (secondary N) is 2. The average Bonchev–Trinajstić information content (AvgIpc) is 3.36. The van der Waals surface area contributed by atoms with Crippen molar-refractivity contribution in [2.24, 2.45) is 0 Å². The number of likely N-dealkylation sites (tertiary alicyclic amines) is 1. The van der Waals surface area contributed by atoms with Crippen molar-refractivity contribution in [2.75, 3.05) is 17.8 Å². The Hall–Kier alpha value is -3.20. The van der Waals surface area contributed by atoms with Crippen LogP contribution in [0.2, 0.25) is 0 Å². The Balaban J connectivity index is 1.24. The summed E-state index contributed by atoms with van der Waals surface area (Å²) < 4.78 is 16.6. The topological polar surface area (TPSA) is 124 Å². The second-order valence-electron chi connectivity index (χ2n) is 8.81. The zero-order valence-electron chi connectivity index (χ0n) is 19.0. The lowest BCUT2D eigenvalue weighted by Crippen LogP contribution is -2.47. The number of rotatable bonds is 6. The van der Waals surface area contributed by atoms with E-state index in [1.165, 1.54) is 0 Å². The number of nitrogens with zero attached hydrogens (tertiary/aromatic N) is 4. The molecule has 11 heteroatoms. The number of aromatic amines is 1. The zero-order valence-corrected chi connectivity index (χ0v) is 21.0. The van der Waals surface area contributed by atoms with Gasteiger partial charge < -0.3 is 14.7 Å². The van der Waals surface area contributed by atoms with Gasteiger partial charge in [-0.15, -0.1) is 0 Å². The maximum absolute atomic E-state index is 13.5. The van der Waals surface area contributed by atoms with E-state index in [0.29, 0.717) is 59.5 Å². The van der Waals surface area contributed by atoms with Crippen molar-refractivity contribution in [3.8, 4) is 0 Å².